The molecule has 0 amide bonds. The van der Waals surface area contributed by atoms with Crippen LogP contribution in [0.3, 0.4) is 0 Å². The van der Waals surface area contributed by atoms with Gasteiger partial charge in [-0.15, -0.1) is 11.6 Å². The molecular weight excluding hydrogens is 261 g/mol. The van der Waals surface area contributed by atoms with Gasteiger partial charge in [-0.1, -0.05) is 32.9 Å². The standard InChI is InChI=1S/C14H18ClF3/c1-13(2,3)9-12(15)8-10-4-6-11(7-5-10)14(16,17)18/h4-7,12H,8-9H2,1-3H3. The van der Waals surface area contributed by atoms with E-state index in [-0.39, 0.29) is 10.8 Å². The summed E-state index contributed by atoms with van der Waals surface area (Å²) in [6.45, 7) is 6.28. The number of hydrogen-bond donors (Lipinski definition) is 0. The maximum Gasteiger partial charge on any atom is 0.416 e. The maximum atomic E-state index is 12.4. The highest BCUT2D eigenvalue weighted by Crippen LogP contribution is 2.30. The van der Waals surface area contributed by atoms with Crippen molar-refractivity contribution in [1.29, 1.82) is 0 Å². The van der Waals surface area contributed by atoms with Crippen molar-refractivity contribution in [2.24, 2.45) is 5.41 Å². The van der Waals surface area contributed by atoms with Crippen LogP contribution in [0.4, 0.5) is 13.2 Å². The molecule has 1 atom stereocenters. The number of rotatable bonds is 3. The minimum Gasteiger partial charge on any atom is -0.166 e. The van der Waals surface area contributed by atoms with Crippen molar-refractivity contribution in [3.8, 4) is 0 Å². The topological polar surface area (TPSA) is 0 Å². The lowest BCUT2D eigenvalue weighted by Crippen LogP contribution is -2.15. The molecule has 0 aliphatic rings. The SMILES string of the molecule is CC(C)(C)CC(Cl)Cc1ccc(C(F)(F)F)cc1. The van der Waals surface area contributed by atoms with Crippen LogP contribution in [0.1, 0.15) is 38.3 Å². The second-order valence-electron chi connectivity index (χ2n) is 5.76. The van der Waals surface area contributed by atoms with Crippen molar-refractivity contribution < 1.29 is 13.2 Å². The fraction of sp³-hybridized carbons (Fsp3) is 0.571. The van der Waals surface area contributed by atoms with Crippen LogP contribution in [-0.2, 0) is 12.6 Å². The summed E-state index contributed by atoms with van der Waals surface area (Å²) in [6.07, 6.45) is -2.85. The van der Waals surface area contributed by atoms with Crippen LogP contribution in [-0.4, -0.2) is 5.38 Å². The lowest BCUT2D eigenvalue weighted by molar-refractivity contribution is -0.137. The average molecular weight is 279 g/mol. The molecular formula is C14H18ClF3. The summed E-state index contributed by atoms with van der Waals surface area (Å²) in [5.41, 5.74) is 0.346. The molecule has 0 aliphatic heterocycles. The first-order chi connectivity index (χ1) is 8.08. The third-order valence-electron chi connectivity index (χ3n) is 2.57. The van der Waals surface area contributed by atoms with Crippen molar-refractivity contribution >= 4 is 11.6 Å². The maximum absolute atomic E-state index is 12.4. The van der Waals surface area contributed by atoms with Gasteiger partial charge < -0.3 is 0 Å². The van der Waals surface area contributed by atoms with E-state index in [0.29, 0.717) is 6.42 Å². The number of benzene rings is 1. The predicted molar refractivity (Wildman–Crippen MR) is 68.9 cm³/mol. The Morgan fingerprint density at radius 3 is 1.94 bits per heavy atom. The predicted octanol–water partition coefficient (Wildman–Crippen LogP) is 5.29. The molecule has 0 heterocycles. The Labute approximate surface area is 111 Å². The van der Waals surface area contributed by atoms with Gasteiger partial charge in [0.25, 0.3) is 0 Å². The fourth-order valence-corrected chi connectivity index (χ4v) is 2.46. The van der Waals surface area contributed by atoms with Gasteiger partial charge >= 0.3 is 6.18 Å². The van der Waals surface area contributed by atoms with Crippen molar-refractivity contribution in [2.75, 3.05) is 0 Å². The molecule has 0 aliphatic carbocycles. The van der Waals surface area contributed by atoms with Crippen LogP contribution >= 0.6 is 11.6 Å². The summed E-state index contributed by atoms with van der Waals surface area (Å²) in [7, 11) is 0. The van der Waals surface area contributed by atoms with Crippen molar-refractivity contribution in [3.63, 3.8) is 0 Å². The fourth-order valence-electron chi connectivity index (χ4n) is 1.82. The van der Waals surface area contributed by atoms with Gasteiger partial charge in [0, 0.05) is 5.38 Å². The quantitative estimate of drug-likeness (QED) is 0.659. The van der Waals surface area contributed by atoms with E-state index in [2.05, 4.69) is 20.8 Å². The lowest BCUT2D eigenvalue weighted by atomic mass is 9.88. The molecule has 0 radical (unpaired) electrons. The lowest BCUT2D eigenvalue weighted by Gasteiger charge is -2.21. The monoisotopic (exact) mass is 278 g/mol. The first-order valence-electron chi connectivity index (χ1n) is 5.88. The zero-order valence-electron chi connectivity index (χ0n) is 10.8. The summed E-state index contributed by atoms with van der Waals surface area (Å²) < 4.78 is 37.1. The zero-order valence-corrected chi connectivity index (χ0v) is 11.6. The van der Waals surface area contributed by atoms with Gasteiger partial charge in [0.1, 0.15) is 0 Å². The van der Waals surface area contributed by atoms with Crippen LogP contribution in [0.15, 0.2) is 24.3 Å². The largest absolute Gasteiger partial charge is 0.416 e. The van der Waals surface area contributed by atoms with E-state index in [1.54, 1.807) is 0 Å². The summed E-state index contributed by atoms with van der Waals surface area (Å²) in [6, 6.07) is 5.22. The average Bonchev–Trinajstić information content (AvgIpc) is 2.13. The van der Waals surface area contributed by atoms with Gasteiger partial charge in [-0.05, 0) is 36.0 Å². The van der Waals surface area contributed by atoms with E-state index in [4.69, 9.17) is 11.6 Å². The first-order valence-corrected chi connectivity index (χ1v) is 6.32. The normalized spacial score (nSPS) is 14.6. The third kappa shape index (κ3) is 5.30. The highest BCUT2D eigenvalue weighted by atomic mass is 35.5. The van der Waals surface area contributed by atoms with E-state index in [9.17, 15) is 13.2 Å². The Morgan fingerprint density at radius 2 is 1.56 bits per heavy atom. The molecule has 0 aromatic heterocycles. The molecule has 0 saturated carbocycles. The Bertz CT molecular complexity index is 374. The van der Waals surface area contributed by atoms with E-state index in [1.807, 2.05) is 0 Å². The van der Waals surface area contributed by atoms with Gasteiger partial charge in [0.15, 0.2) is 0 Å². The second-order valence-corrected chi connectivity index (χ2v) is 6.38. The first kappa shape index (κ1) is 15.4. The molecule has 0 nitrogen and oxygen atoms in total. The van der Waals surface area contributed by atoms with E-state index in [1.165, 1.54) is 12.1 Å². The molecule has 1 rings (SSSR count). The molecule has 102 valence electrons. The molecule has 1 unspecified atom stereocenters. The molecule has 0 fully saturated rings. The van der Waals surface area contributed by atoms with E-state index in [0.717, 1.165) is 24.1 Å². The molecule has 1 aromatic rings. The molecule has 0 N–H and O–H groups in total. The summed E-state index contributed by atoms with van der Waals surface area (Å²) in [5.74, 6) is 0. The van der Waals surface area contributed by atoms with Gasteiger partial charge in [0.05, 0.1) is 5.56 Å². The zero-order chi connectivity index (χ0) is 14.0. The van der Waals surface area contributed by atoms with Crippen molar-refractivity contribution in [2.45, 2.75) is 45.2 Å². The smallest absolute Gasteiger partial charge is 0.166 e. The van der Waals surface area contributed by atoms with Crippen LogP contribution in [0.5, 0.6) is 0 Å². The van der Waals surface area contributed by atoms with Gasteiger partial charge in [-0.2, -0.15) is 13.2 Å². The van der Waals surface area contributed by atoms with Gasteiger partial charge in [-0.25, -0.2) is 0 Å². The Morgan fingerprint density at radius 1 is 1.06 bits per heavy atom. The van der Waals surface area contributed by atoms with E-state index < -0.39 is 11.7 Å². The molecule has 4 heteroatoms. The Kier molecular flexibility index (Phi) is 4.71. The second kappa shape index (κ2) is 5.52. The summed E-state index contributed by atoms with van der Waals surface area (Å²) >= 11 is 6.21. The minimum atomic E-state index is -4.27. The van der Waals surface area contributed by atoms with Crippen LogP contribution in [0.2, 0.25) is 0 Å². The summed E-state index contributed by atoms with van der Waals surface area (Å²) in [4.78, 5) is 0. The molecule has 1 aromatic carbocycles. The van der Waals surface area contributed by atoms with Crippen molar-refractivity contribution in [1.82, 2.24) is 0 Å². The van der Waals surface area contributed by atoms with Gasteiger partial charge in [-0.3, -0.25) is 0 Å². The molecule has 0 bridgehead atoms. The highest BCUT2D eigenvalue weighted by molar-refractivity contribution is 6.20. The van der Waals surface area contributed by atoms with Crippen LogP contribution in [0.25, 0.3) is 0 Å². The molecule has 18 heavy (non-hydrogen) atoms. The number of halogens is 4. The Balaban J connectivity index is 2.64. The van der Waals surface area contributed by atoms with Crippen LogP contribution in [0, 0.1) is 5.41 Å². The van der Waals surface area contributed by atoms with Gasteiger partial charge in [0.2, 0.25) is 0 Å². The summed E-state index contributed by atoms with van der Waals surface area (Å²) in [5, 5.41) is -0.0539. The number of hydrogen-bond acceptors (Lipinski definition) is 0. The van der Waals surface area contributed by atoms with Crippen LogP contribution < -0.4 is 0 Å². The minimum absolute atomic E-state index is 0.0539. The van der Waals surface area contributed by atoms with E-state index >= 15 is 0 Å². The molecule has 0 spiro atoms. The number of alkyl halides is 4. The third-order valence-corrected chi connectivity index (χ3v) is 2.88. The Hall–Kier alpha value is -0.700. The van der Waals surface area contributed by atoms with Crippen molar-refractivity contribution in [3.05, 3.63) is 35.4 Å². The highest BCUT2D eigenvalue weighted by Gasteiger charge is 2.30. The molecule has 0 saturated heterocycles.